The minimum Gasteiger partial charge on any atom is -0.442 e. The van der Waals surface area contributed by atoms with Crippen LogP contribution in [0.5, 0.6) is 0 Å². The van der Waals surface area contributed by atoms with Crippen molar-refractivity contribution in [2.75, 3.05) is 13.1 Å². The quantitative estimate of drug-likeness (QED) is 0.679. The predicted molar refractivity (Wildman–Crippen MR) is 96.5 cm³/mol. The average molecular weight is 355 g/mol. The zero-order valence-corrected chi connectivity index (χ0v) is 15.0. The van der Waals surface area contributed by atoms with E-state index in [9.17, 15) is 9.59 Å². The molecule has 1 fully saturated rings. The third-order valence-corrected chi connectivity index (χ3v) is 5.00. The molecule has 2 aromatic rings. The van der Waals surface area contributed by atoms with Crippen LogP contribution in [0.3, 0.4) is 0 Å². The number of oxazole rings is 1. The molecule has 3 rings (SSSR count). The second kappa shape index (κ2) is 9.27. The van der Waals surface area contributed by atoms with Crippen LogP contribution in [0.25, 0.3) is 0 Å². The second-order valence-corrected chi connectivity index (χ2v) is 6.84. The van der Waals surface area contributed by atoms with E-state index in [1.54, 1.807) is 6.20 Å². The Morgan fingerprint density at radius 2 is 2.04 bits per heavy atom. The van der Waals surface area contributed by atoms with Gasteiger partial charge in [-0.3, -0.25) is 14.6 Å². The Labute approximate surface area is 153 Å². The van der Waals surface area contributed by atoms with E-state index in [1.165, 1.54) is 12.5 Å². The van der Waals surface area contributed by atoms with Gasteiger partial charge in [0.15, 0.2) is 0 Å². The standard InChI is InChI=1S/C20H25N3O3/c24-18(20-22-11-14-26-20)5-1-3-16-8-12-23(13-9-16)19(25)7-6-17-4-2-10-21-15-17/h2,4,10-11,14-16H,1,3,5-9,12-13H2. The summed E-state index contributed by atoms with van der Waals surface area (Å²) >= 11 is 0. The maximum absolute atomic E-state index is 12.4. The molecule has 0 radical (unpaired) electrons. The molecule has 1 aliphatic rings. The number of Topliss-reactive ketones (excluding diaryl/α,β-unsaturated/α-hetero) is 1. The Morgan fingerprint density at radius 3 is 2.73 bits per heavy atom. The summed E-state index contributed by atoms with van der Waals surface area (Å²) in [5.41, 5.74) is 1.10. The molecular weight excluding hydrogens is 330 g/mol. The Hall–Kier alpha value is -2.50. The van der Waals surface area contributed by atoms with E-state index in [-0.39, 0.29) is 17.6 Å². The molecular formula is C20H25N3O3. The van der Waals surface area contributed by atoms with Gasteiger partial charge < -0.3 is 9.32 Å². The monoisotopic (exact) mass is 355 g/mol. The van der Waals surface area contributed by atoms with E-state index in [0.717, 1.165) is 50.8 Å². The molecule has 0 spiro atoms. The number of hydrogen-bond donors (Lipinski definition) is 0. The highest BCUT2D eigenvalue weighted by atomic mass is 16.3. The molecule has 6 nitrogen and oxygen atoms in total. The van der Waals surface area contributed by atoms with Crippen molar-refractivity contribution < 1.29 is 14.0 Å². The number of carbonyl (C=O) groups excluding carboxylic acids is 2. The molecule has 0 atom stereocenters. The van der Waals surface area contributed by atoms with Gasteiger partial charge in [0.05, 0.1) is 6.20 Å². The zero-order chi connectivity index (χ0) is 18.2. The van der Waals surface area contributed by atoms with Crippen molar-refractivity contribution >= 4 is 11.7 Å². The van der Waals surface area contributed by atoms with E-state index in [0.29, 0.717) is 18.8 Å². The minimum absolute atomic E-state index is 0.0296. The Bertz CT molecular complexity index is 692. The molecule has 1 aliphatic heterocycles. The lowest BCUT2D eigenvalue weighted by molar-refractivity contribution is -0.132. The van der Waals surface area contributed by atoms with Crippen molar-refractivity contribution in [1.82, 2.24) is 14.9 Å². The number of piperidine rings is 1. The topological polar surface area (TPSA) is 76.3 Å². The van der Waals surface area contributed by atoms with Gasteiger partial charge in [-0.2, -0.15) is 0 Å². The third kappa shape index (κ3) is 5.25. The number of aryl methyl sites for hydroxylation is 1. The number of pyridine rings is 1. The molecule has 0 aliphatic carbocycles. The Balaban J connectivity index is 1.32. The summed E-state index contributed by atoms with van der Waals surface area (Å²) in [6.07, 6.45) is 12.2. The Kier molecular flexibility index (Phi) is 6.52. The van der Waals surface area contributed by atoms with Gasteiger partial charge in [-0.15, -0.1) is 0 Å². The van der Waals surface area contributed by atoms with Crippen LogP contribution in [0.1, 0.15) is 54.8 Å². The lowest BCUT2D eigenvalue weighted by atomic mass is 9.91. The SMILES string of the molecule is O=C(CCCC1CCN(C(=O)CCc2cccnc2)CC1)c1ncco1. The maximum atomic E-state index is 12.4. The third-order valence-electron chi connectivity index (χ3n) is 5.00. The number of ketones is 1. The average Bonchev–Trinajstić information content (AvgIpc) is 3.22. The molecule has 0 unspecified atom stereocenters. The molecule has 1 saturated heterocycles. The fraction of sp³-hybridized carbons (Fsp3) is 0.500. The van der Waals surface area contributed by atoms with Crippen LogP contribution >= 0.6 is 0 Å². The first-order chi connectivity index (χ1) is 12.7. The smallest absolute Gasteiger partial charge is 0.263 e. The summed E-state index contributed by atoms with van der Waals surface area (Å²) in [5.74, 6) is 0.998. The maximum Gasteiger partial charge on any atom is 0.263 e. The van der Waals surface area contributed by atoms with Crippen LogP contribution in [0.15, 0.2) is 41.4 Å². The fourth-order valence-corrected chi connectivity index (χ4v) is 3.45. The van der Waals surface area contributed by atoms with Crippen LogP contribution < -0.4 is 0 Å². The minimum atomic E-state index is -0.0296. The highest BCUT2D eigenvalue weighted by Crippen LogP contribution is 2.23. The normalized spacial score (nSPS) is 15.2. The van der Waals surface area contributed by atoms with Crippen molar-refractivity contribution in [2.45, 2.75) is 44.9 Å². The summed E-state index contributed by atoms with van der Waals surface area (Å²) < 4.78 is 5.02. The number of aromatic nitrogens is 2. The largest absolute Gasteiger partial charge is 0.442 e. The van der Waals surface area contributed by atoms with Crippen LogP contribution in [-0.4, -0.2) is 39.6 Å². The van der Waals surface area contributed by atoms with Crippen LogP contribution in [0, 0.1) is 5.92 Å². The van der Waals surface area contributed by atoms with Crippen molar-refractivity contribution in [3.8, 4) is 0 Å². The summed E-state index contributed by atoms with van der Waals surface area (Å²) in [6.45, 7) is 1.65. The van der Waals surface area contributed by atoms with E-state index < -0.39 is 0 Å². The molecule has 0 bridgehead atoms. The number of likely N-dealkylation sites (tertiary alicyclic amines) is 1. The number of rotatable bonds is 8. The fourth-order valence-electron chi connectivity index (χ4n) is 3.45. The molecule has 6 heteroatoms. The predicted octanol–water partition coefficient (Wildman–Crippen LogP) is 3.29. The first-order valence-electron chi connectivity index (χ1n) is 9.32. The molecule has 26 heavy (non-hydrogen) atoms. The van der Waals surface area contributed by atoms with Gasteiger partial charge in [-0.05, 0) is 49.7 Å². The number of carbonyl (C=O) groups is 2. The van der Waals surface area contributed by atoms with E-state index in [4.69, 9.17) is 4.42 Å². The van der Waals surface area contributed by atoms with Gasteiger partial charge >= 0.3 is 0 Å². The molecule has 0 aromatic carbocycles. The van der Waals surface area contributed by atoms with Gasteiger partial charge in [-0.25, -0.2) is 4.98 Å². The summed E-state index contributed by atoms with van der Waals surface area (Å²) in [6, 6.07) is 3.91. The van der Waals surface area contributed by atoms with E-state index >= 15 is 0 Å². The van der Waals surface area contributed by atoms with Crippen molar-refractivity contribution in [3.05, 3.63) is 48.4 Å². The molecule has 1 amide bonds. The molecule has 138 valence electrons. The van der Waals surface area contributed by atoms with Crippen molar-refractivity contribution in [3.63, 3.8) is 0 Å². The highest BCUT2D eigenvalue weighted by molar-refractivity contribution is 5.91. The van der Waals surface area contributed by atoms with Crippen molar-refractivity contribution in [1.29, 1.82) is 0 Å². The zero-order valence-electron chi connectivity index (χ0n) is 15.0. The lowest BCUT2D eigenvalue weighted by Gasteiger charge is -2.32. The summed E-state index contributed by atoms with van der Waals surface area (Å²) in [4.78, 5) is 34.2. The van der Waals surface area contributed by atoms with Crippen molar-refractivity contribution in [2.24, 2.45) is 5.92 Å². The second-order valence-electron chi connectivity index (χ2n) is 6.84. The van der Waals surface area contributed by atoms with Crippen LogP contribution in [0.2, 0.25) is 0 Å². The lowest BCUT2D eigenvalue weighted by Crippen LogP contribution is -2.38. The van der Waals surface area contributed by atoms with Crippen LogP contribution in [0.4, 0.5) is 0 Å². The van der Waals surface area contributed by atoms with Gasteiger partial charge in [0.2, 0.25) is 11.7 Å². The van der Waals surface area contributed by atoms with Gasteiger partial charge in [0.1, 0.15) is 6.26 Å². The van der Waals surface area contributed by atoms with Gasteiger partial charge in [-0.1, -0.05) is 6.07 Å². The number of hydrogen-bond acceptors (Lipinski definition) is 5. The summed E-state index contributed by atoms with van der Waals surface area (Å²) in [5, 5.41) is 0. The number of nitrogens with zero attached hydrogens (tertiary/aromatic N) is 3. The first-order valence-corrected chi connectivity index (χ1v) is 9.32. The molecule has 0 N–H and O–H groups in total. The Morgan fingerprint density at radius 1 is 1.19 bits per heavy atom. The highest BCUT2D eigenvalue weighted by Gasteiger charge is 2.22. The van der Waals surface area contributed by atoms with E-state index in [2.05, 4.69) is 9.97 Å². The van der Waals surface area contributed by atoms with E-state index in [1.807, 2.05) is 23.2 Å². The van der Waals surface area contributed by atoms with Gasteiger partial charge in [0, 0.05) is 38.3 Å². The molecule has 0 saturated carbocycles. The molecule has 2 aromatic heterocycles. The van der Waals surface area contributed by atoms with Crippen LogP contribution in [-0.2, 0) is 11.2 Å². The summed E-state index contributed by atoms with van der Waals surface area (Å²) in [7, 11) is 0. The first kappa shape index (κ1) is 18.3. The number of amides is 1. The molecule has 3 heterocycles. The van der Waals surface area contributed by atoms with Gasteiger partial charge in [0.25, 0.3) is 5.89 Å².